The van der Waals surface area contributed by atoms with Crippen LogP contribution in [0.5, 0.6) is 5.75 Å². The van der Waals surface area contributed by atoms with Crippen molar-refractivity contribution in [3.63, 3.8) is 0 Å². The molecule has 0 atom stereocenters. The number of hydrogen-bond acceptors (Lipinski definition) is 3. The molecule has 3 rings (SSSR count). The Morgan fingerprint density at radius 3 is 2.62 bits per heavy atom. The Labute approximate surface area is 124 Å². The van der Waals surface area contributed by atoms with Gasteiger partial charge in [-0.2, -0.15) is 0 Å². The fourth-order valence-corrected chi connectivity index (χ4v) is 2.75. The molecule has 2 aromatic carbocycles. The van der Waals surface area contributed by atoms with Crippen LogP contribution >= 0.6 is 0 Å². The number of hydrogen-bond donors (Lipinski definition) is 2. The molecule has 1 aliphatic rings. The molecular weight excluding hydrogens is 267 g/mol. The summed E-state index contributed by atoms with van der Waals surface area (Å²) in [7, 11) is 0. The molecule has 2 aromatic rings. The van der Waals surface area contributed by atoms with E-state index in [2.05, 4.69) is 16.3 Å². The molecule has 3 nitrogen and oxygen atoms in total. The van der Waals surface area contributed by atoms with Gasteiger partial charge in [-0.3, -0.25) is 0 Å². The maximum absolute atomic E-state index is 13.3. The standard InChI is InChI=1S/C17H19FN2O/c18-14-7-5-6-13(17(14)21)12-19-15-8-1-2-9-16(15)20-10-3-4-11-20/h1-2,5-9,19,21H,3-4,10-12H2. The van der Waals surface area contributed by atoms with Gasteiger partial charge in [0.25, 0.3) is 0 Å². The van der Waals surface area contributed by atoms with Crippen molar-refractivity contribution < 1.29 is 9.50 Å². The first kappa shape index (κ1) is 13.7. The number of para-hydroxylation sites is 3. The van der Waals surface area contributed by atoms with Crippen LogP contribution in [0, 0.1) is 5.82 Å². The Morgan fingerprint density at radius 2 is 1.81 bits per heavy atom. The Kier molecular flexibility index (Phi) is 3.95. The van der Waals surface area contributed by atoms with Crippen LogP contribution < -0.4 is 10.2 Å². The molecule has 0 saturated carbocycles. The second-order valence-electron chi connectivity index (χ2n) is 5.31. The molecule has 1 saturated heterocycles. The van der Waals surface area contributed by atoms with Crippen LogP contribution in [0.4, 0.5) is 15.8 Å². The van der Waals surface area contributed by atoms with E-state index in [4.69, 9.17) is 0 Å². The smallest absolute Gasteiger partial charge is 0.165 e. The molecule has 4 heteroatoms. The molecular formula is C17H19FN2O. The predicted octanol–water partition coefficient (Wildman–Crippen LogP) is 3.74. The van der Waals surface area contributed by atoms with Gasteiger partial charge in [0.1, 0.15) is 0 Å². The summed E-state index contributed by atoms with van der Waals surface area (Å²) in [5.74, 6) is -0.856. The van der Waals surface area contributed by atoms with E-state index >= 15 is 0 Å². The molecule has 0 amide bonds. The summed E-state index contributed by atoms with van der Waals surface area (Å²) in [5, 5.41) is 13.0. The lowest BCUT2D eigenvalue weighted by molar-refractivity contribution is 0.427. The van der Waals surface area contributed by atoms with Crippen LogP contribution in [-0.2, 0) is 6.54 Å². The summed E-state index contributed by atoms with van der Waals surface area (Å²) < 4.78 is 13.3. The third kappa shape index (κ3) is 2.94. The molecule has 0 aromatic heterocycles. The van der Waals surface area contributed by atoms with Crippen LogP contribution in [0.2, 0.25) is 0 Å². The zero-order valence-electron chi connectivity index (χ0n) is 11.8. The average molecular weight is 286 g/mol. The van der Waals surface area contributed by atoms with E-state index in [1.165, 1.54) is 24.6 Å². The second kappa shape index (κ2) is 6.04. The van der Waals surface area contributed by atoms with E-state index in [-0.39, 0.29) is 5.75 Å². The Morgan fingerprint density at radius 1 is 1.05 bits per heavy atom. The van der Waals surface area contributed by atoms with Crippen LogP contribution in [0.1, 0.15) is 18.4 Å². The monoisotopic (exact) mass is 286 g/mol. The van der Waals surface area contributed by atoms with E-state index in [9.17, 15) is 9.50 Å². The van der Waals surface area contributed by atoms with Crippen molar-refractivity contribution >= 4 is 11.4 Å². The van der Waals surface area contributed by atoms with E-state index in [0.717, 1.165) is 18.8 Å². The van der Waals surface area contributed by atoms with Crippen molar-refractivity contribution in [2.24, 2.45) is 0 Å². The van der Waals surface area contributed by atoms with Crippen molar-refractivity contribution in [3.05, 3.63) is 53.8 Å². The van der Waals surface area contributed by atoms with Crippen molar-refractivity contribution in [1.82, 2.24) is 0 Å². The van der Waals surface area contributed by atoms with Crippen LogP contribution in [0.25, 0.3) is 0 Å². The molecule has 1 fully saturated rings. The normalized spacial score (nSPS) is 14.4. The molecule has 0 unspecified atom stereocenters. The maximum atomic E-state index is 13.3. The van der Waals surface area contributed by atoms with Gasteiger partial charge in [0, 0.05) is 25.2 Å². The maximum Gasteiger partial charge on any atom is 0.165 e. The van der Waals surface area contributed by atoms with Crippen LogP contribution in [-0.4, -0.2) is 18.2 Å². The third-order valence-corrected chi connectivity index (χ3v) is 3.89. The lowest BCUT2D eigenvalue weighted by Gasteiger charge is -2.22. The van der Waals surface area contributed by atoms with Crippen molar-refractivity contribution in [2.45, 2.75) is 19.4 Å². The Bertz CT molecular complexity index is 624. The number of rotatable bonds is 4. The topological polar surface area (TPSA) is 35.5 Å². The highest BCUT2D eigenvalue weighted by molar-refractivity contribution is 5.70. The van der Waals surface area contributed by atoms with E-state index in [1.807, 2.05) is 18.2 Å². The fourth-order valence-electron chi connectivity index (χ4n) is 2.75. The third-order valence-electron chi connectivity index (χ3n) is 3.89. The van der Waals surface area contributed by atoms with E-state index in [0.29, 0.717) is 12.1 Å². The number of halogens is 1. The average Bonchev–Trinajstić information content (AvgIpc) is 3.03. The summed E-state index contributed by atoms with van der Waals surface area (Å²) in [6.45, 7) is 2.54. The summed E-state index contributed by atoms with van der Waals surface area (Å²) in [6, 6.07) is 12.7. The largest absolute Gasteiger partial charge is 0.505 e. The number of aromatic hydroxyl groups is 1. The SMILES string of the molecule is Oc1c(F)cccc1CNc1ccccc1N1CCCC1. The molecule has 0 radical (unpaired) electrons. The number of nitrogens with one attached hydrogen (secondary N) is 1. The number of anilines is 2. The predicted molar refractivity (Wildman–Crippen MR) is 83.3 cm³/mol. The molecule has 1 heterocycles. The highest BCUT2D eigenvalue weighted by Gasteiger charge is 2.15. The van der Waals surface area contributed by atoms with Gasteiger partial charge >= 0.3 is 0 Å². The minimum absolute atomic E-state index is 0.274. The summed E-state index contributed by atoms with van der Waals surface area (Å²) in [5.41, 5.74) is 2.75. The number of phenols is 1. The highest BCUT2D eigenvalue weighted by Crippen LogP contribution is 2.30. The molecule has 2 N–H and O–H groups in total. The van der Waals surface area contributed by atoms with Gasteiger partial charge in [0.2, 0.25) is 0 Å². The van der Waals surface area contributed by atoms with Crippen molar-refractivity contribution in [1.29, 1.82) is 0 Å². The molecule has 21 heavy (non-hydrogen) atoms. The van der Waals surface area contributed by atoms with Gasteiger partial charge < -0.3 is 15.3 Å². The minimum Gasteiger partial charge on any atom is -0.505 e. The Balaban J connectivity index is 1.77. The molecule has 110 valence electrons. The summed E-state index contributed by atoms with van der Waals surface area (Å²) >= 11 is 0. The van der Waals surface area contributed by atoms with Crippen LogP contribution in [0.3, 0.4) is 0 Å². The van der Waals surface area contributed by atoms with Gasteiger partial charge in [0.15, 0.2) is 11.6 Å². The molecule has 0 spiro atoms. The summed E-state index contributed by atoms with van der Waals surface area (Å²) in [4.78, 5) is 2.35. The first-order chi connectivity index (χ1) is 10.3. The lowest BCUT2D eigenvalue weighted by Crippen LogP contribution is -2.19. The quantitative estimate of drug-likeness (QED) is 0.898. The molecule has 0 aliphatic carbocycles. The highest BCUT2D eigenvalue weighted by atomic mass is 19.1. The van der Waals surface area contributed by atoms with Gasteiger partial charge in [0.05, 0.1) is 11.4 Å². The fraction of sp³-hybridized carbons (Fsp3) is 0.294. The van der Waals surface area contributed by atoms with Crippen molar-refractivity contribution in [3.8, 4) is 5.75 Å². The Hall–Kier alpha value is -2.23. The lowest BCUT2D eigenvalue weighted by atomic mass is 10.1. The van der Waals surface area contributed by atoms with E-state index in [1.54, 1.807) is 12.1 Å². The van der Waals surface area contributed by atoms with Crippen LogP contribution in [0.15, 0.2) is 42.5 Å². The zero-order valence-corrected chi connectivity index (χ0v) is 11.8. The number of phenolic OH excluding ortho intramolecular Hbond substituents is 1. The van der Waals surface area contributed by atoms with Gasteiger partial charge in [-0.15, -0.1) is 0 Å². The first-order valence-electron chi connectivity index (χ1n) is 7.30. The van der Waals surface area contributed by atoms with Gasteiger partial charge in [-0.25, -0.2) is 4.39 Å². The molecule has 0 bridgehead atoms. The molecule has 1 aliphatic heterocycles. The minimum atomic E-state index is -0.581. The van der Waals surface area contributed by atoms with Gasteiger partial charge in [-0.1, -0.05) is 24.3 Å². The van der Waals surface area contributed by atoms with Gasteiger partial charge in [-0.05, 0) is 31.0 Å². The van der Waals surface area contributed by atoms with E-state index < -0.39 is 5.82 Å². The zero-order chi connectivity index (χ0) is 14.7. The number of benzene rings is 2. The number of nitrogens with zero attached hydrogens (tertiary/aromatic N) is 1. The first-order valence-corrected chi connectivity index (χ1v) is 7.30. The van der Waals surface area contributed by atoms with Crippen molar-refractivity contribution in [2.75, 3.05) is 23.3 Å². The second-order valence-corrected chi connectivity index (χ2v) is 5.31. The summed E-state index contributed by atoms with van der Waals surface area (Å²) in [6.07, 6.45) is 2.44.